The third kappa shape index (κ3) is 2.33. The number of rotatable bonds is 4. The van der Waals surface area contributed by atoms with Crippen molar-refractivity contribution in [1.82, 2.24) is 0 Å². The van der Waals surface area contributed by atoms with Crippen LogP contribution in [-0.2, 0) is 10.2 Å². The summed E-state index contributed by atoms with van der Waals surface area (Å²) in [7, 11) is 0. The molecule has 1 rings (SSSR count). The van der Waals surface area contributed by atoms with Crippen molar-refractivity contribution in [1.29, 1.82) is 0 Å². The molecule has 0 aliphatic rings. The van der Waals surface area contributed by atoms with Crippen LogP contribution in [0.15, 0.2) is 24.3 Å². The number of halogens is 1. The second-order valence-electron chi connectivity index (χ2n) is 3.69. The molecule has 0 bridgehead atoms. The van der Waals surface area contributed by atoms with Gasteiger partial charge in [-0.05, 0) is 37.6 Å². The first-order chi connectivity index (χ1) is 7.00. The third-order valence-corrected chi connectivity index (χ3v) is 2.58. The lowest BCUT2D eigenvalue weighted by molar-refractivity contribution is -0.143. The van der Waals surface area contributed by atoms with Crippen LogP contribution in [0, 0.1) is 5.82 Å². The van der Waals surface area contributed by atoms with Gasteiger partial charge in [0.15, 0.2) is 0 Å². The summed E-state index contributed by atoms with van der Waals surface area (Å²) in [6.45, 7) is 1.80. The zero-order valence-corrected chi connectivity index (χ0v) is 8.53. The van der Waals surface area contributed by atoms with Gasteiger partial charge in [0.2, 0.25) is 0 Å². The second kappa shape index (κ2) is 4.40. The van der Waals surface area contributed by atoms with Gasteiger partial charge in [0.1, 0.15) is 5.82 Å². The van der Waals surface area contributed by atoms with Gasteiger partial charge in [0.25, 0.3) is 0 Å². The first-order valence-electron chi connectivity index (χ1n) is 4.70. The number of carbonyl (C=O) groups is 1. The SMILES string of the molecule is CC(CCN)(C(=O)O)c1cccc(F)c1. The van der Waals surface area contributed by atoms with Crippen molar-refractivity contribution in [3.8, 4) is 0 Å². The molecule has 82 valence electrons. The fraction of sp³-hybridized carbons (Fsp3) is 0.364. The lowest BCUT2D eigenvalue weighted by atomic mass is 9.79. The van der Waals surface area contributed by atoms with E-state index in [4.69, 9.17) is 10.8 Å². The number of carboxylic acid groups (broad SMARTS) is 1. The fourth-order valence-corrected chi connectivity index (χ4v) is 1.50. The van der Waals surface area contributed by atoms with Crippen molar-refractivity contribution in [3.63, 3.8) is 0 Å². The largest absolute Gasteiger partial charge is 0.481 e. The van der Waals surface area contributed by atoms with E-state index in [-0.39, 0.29) is 13.0 Å². The van der Waals surface area contributed by atoms with E-state index in [1.54, 1.807) is 13.0 Å². The van der Waals surface area contributed by atoms with Crippen molar-refractivity contribution < 1.29 is 14.3 Å². The van der Waals surface area contributed by atoms with Crippen molar-refractivity contribution >= 4 is 5.97 Å². The van der Waals surface area contributed by atoms with E-state index in [1.165, 1.54) is 18.2 Å². The van der Waals surface area contributed by atoms with Gasteiger partial charge in [-0.1, -0.05) is 12.1 Å². The zero-order chi connectivity index (χ0) is 11.5. The van der Waals surface area contributed by atoms with Gasteiger partial charge in [-0.15, -0.1) is 0 Å². The molecule has 0 amide bonds. The Labute approximate surface area is 87.7 Å². The summed E-state index contributed by atoms with van der Waals surface area (Å²) in [6, 6.07) is 5.63. The topological polar surface area (TPSA) is 63.3 Å². The van der Waals surface area contributed by atoms with E-state index in [0.29, 0.717) is 5.56 Å². The number of aliphatic carboxylic acids is 1. The van der Waals surface area contributed by atoms with Crippen LogP contribution < -0.4 is 5.73 Å². The predicted molar refractivity (Wildman–Crippen MR) is 55.1 cm³/mol. The Kier molecular flexibility index (Phi) is 3.42. The molecule has 0 fully saturated rings. The summed E-state index contributed by atoms with van der Waals surface area (Å²) in [5.41, 5.74) is 4.70. The van der Waals surface area contributed by atoms with Gasteiger partial charge in [0.05, 0.1) is 5.41 Å². The van der Waals surface area contributed by atoms with Crippen LogP contribution >= 0.6 is 0 Å². The summed E-state index contributed by atoms with van der Waals surface area (Å²) < 4.78 is 13.0. The fourth-order valence-electron chi connectivity index (χ4n) is 1.50. The maximum absolute atomic E-state index is 13.0. The van der Waals surface area contributed by atoms with Crippen LogP contribution in [0.2, 0.25) is 0 Å². The molecule has 1 unspecified atom stereocenters. The molecule has 3 N–H and O–H groups in total. The number of nitrogens with two attached hydrogens (primary N) is 1. The van der Waals surface area contributed by atoms with E-state index in [2.05, 4.69) is 0 Å². The first kappa shape index (κ1) is 11.7. The van der Waals surface area contributed by atoms with Gasteiger partial charge in [-0.25, -0.2) is 4.39 Å². The van der Waals surface area contributed by atoms with Crippen LogP contribution in [-0.4, -0.2) is 17.6 Å². The average molecular weight is 211 g/mol. The Balaban J connectivity index is 3.15. The molecule has 1 atom stereocenters. The molecule has 0 heterocycles. The van der Waals surface area contributed by atoms with E-state index in [9.17, 15) is 9.18 Å². The Morgan fingerprint density at radius 1 is 1.60 bits per heavy atom. The molecule has 0 aromatic heterocycles. The molecular weight excluding hydrogens is 197 g/mol. The molecular formula is C11H14FNO2. The van der Waals surface area contributed by atoms with Crippen LogP contribution in [0.4, 0.5) is 4.39 Å². The molecule has 0 aliphatic carbocycles. The summed E-state index contributed by atoms with van der Waals surface area (Å²) in [6.07, 6.45) is 0.284. The Morgan fingerprint density at radius 3 is 2.73 bits per heavy atom. The van der Waals surface area contributed by atoms with E-state index in [0.717, 1.165) is 0 Å². The molecule has 0 radical (unpaired) electrons. The summed E-state index contributed by atoms with van der Waals surface area (Å²) in [4.78, 5) is 11.1. The monoisotopic (exact) mass is 211 g/mol. The average Bonchev–Trinajstić information content (AvgIpc) is 2.17. The van der Waals surface area contributed by atoms with Gasteiger partial charge in [0, 0.05) is 0 Å². The van der Waals surface area contributed by atoms with Gasteiger partial charge in [-0.3, -0.25) is 4.79 Å². The van der Waals surface area contributed by atoms with Crippen LogP contribution in [0.3, 0.4) is 0 Å². The molecule has 0 saturated heterocycles. The number of hydrogen-bond acceptors (Lipinski definition) is 2. The molecule has 1 aromatic carbocycles. The van der Waals surface area contributed by atoms with Crippen LogP contribution in [0.25, 0.3) is 0 Å². The maximum atomic E-state index is 13.0. The highest BCUT2D eigenvalue weighted by Gasteiger charge is 2.34. The minimum atomic E-state index is -1.11. The van der Waals surface area contributed by atoms with E-state index < -0.39 is 17.2 Å². The molecule has 4 heteroatoms. The Hall–Kier alpha value is -1.42. The normalized spacial score (nSPS) is 14.6. The van der Waals surface area contributed by atoms with Gasteiger partial charge < -0.3 is 10.8 Å². The smallest absolute Gasteiger partial charge is 0.313 e. The quantitative estimate of drug-likeness (QED) is 0.793. The molecule has 0 saturated carbocycles. The summed E-state index contributed by atoms with van der Waals surface area (Å²) in [5.74, 6) is -1.42. The maximum Gasteiger partial charge on any atom is 0.313 e. The second-order valence-corrected chi connectivity index (χ2v) is 3.69. The Bertz CT molecular complexity index is 367. The highest BCUT2D eigenvalue weighted by Crippen LogP contribution is 2.27. The Morgan fingerprint density at radius 2 is 2.27 bits per heavy atom. The lowest BCUT2D eigenvalue weighted by Crippen LogP contribution is -2.34. The van der Waals surface area contributed by atoms with Crippen molar-refractivity contribution in [2.45, 2.75) is 18.8 Å². The minimum absolute atomic E-state index is 0.249. The highest BCUT2D eigenvalue weighted by molar-refractivity contribution is 5.80. The summed E-state index contributed by atoms with van der Waals surface area (Å²) in [5, 5.41) is 9.13. The standard InChI is InChI=1S/C11H14FNO2/c1-11(5-6-13,10(14)15)8-3-2-4-9(12)7-8/h2-4,7H,5-6,13H2,1H3,(H,14,15). The number of benzene rings is 1. The predicted octanol–water partition coefficient (Wildman–Crippen LogP) is 1.52. The van der Waals surface area contributed by atoms with Crippen LogP contribution in [0.5, 0.6) is 0 Å². The van der Waals surface area contributed by atoms with Crippen LogP contribution in [0.1, 0.15) is 18.9 Å². The van der Waals surface area contributed by atoms with Crippen molar-refractivity contribution in [2.24, 2.45) is 5.73 Å². The van der Waals surface area contributed by atoms with Gasteiger partial charge in [-0.2, -0.15) is 0 Å². The number of carboxylic acids is 1. The zero-order valence-electron chi connectivity index (χ0n) is 8.53. The molecule has 0 spiro atoms. The molecule has 15 heavy (non-hydrogen) atoms. The van der Waals surface area contributed by atoms with E-state index >= 15 is 0 Å². The van der Waals surface area contributed by atoms with E-state index in [1.807, 2.05) is 0 Å². The lowest BCUT2D eigenvalue weighted by Gasteiger charge is -2.24. The number of hydrogen-bond donors (Lipinski definition) is 2. The van der Waals surface area contributed by atoms with Gasteiger partial charge >= 0.3 is 5.97 Å². The third-order valence-electron chi connectivity index (χ3n) is 2.58. The summed E-state index contributed by atoms with van der Waals surface area (Å²) >= 11 is 0. The molecule has 0 aliphatic heterocycles. The first-order valence-corrected chi connectivity index (χ1v) is 4.70. The van der Waals surface area contributed by atoms with Crippen molar-refractivity contribution in [3.05, 3.63) is 35.6 Å². The van der Waals surface area contributed by atoms with Crippen molar-refractivity contribution in [2.75, 3.05) is 6.54 Å². The molecule has 3 nitrogen and oxygen atoms in total. The highest BCUT2D eigenvalue weighted by atomic mass is 19.1. The minimum Gasteiger partial charge on any atom is -0.481 e. The molecule has 1 aromatic rings.